The lowest BCUT2D eigenvalue weighted by molar-refractivity contribution is 0.102. The van der Waals surface area contributed by atoms with Crippen molar-refractivity contribution < 1.29 is 14.7 Å². The van der Waals surface area contributed by atoms with Crippen LogP contribution in [-0.4, -0.2) is 43.0 Å². The molecule has 1 aliphatic heterocycles. The topological polar surface area (TPSA) is 74.2 Å². The number of benzene rings is 3. The van der Waals surface area contributed by atoms with Gasteiger partial charge >= 0.3 is 0 Å². The monoisotopic (exact) mass is 429 g/mol. The molecule has 0 atom stereocenters. The molecule has 0 aromatic heterocycles. The Hall–Kier alpha value is -3.64. The van der Waals surface area contributed by atoms with Crippen LogP contribution in [0.15, 0.2) is 84.0 Å². The number of oxime groups is 1. The average Bonchev–Trinajstić information content (AvgIpc) is 2.84. The van der Waals surface area contributed by atoms with E-state index in [-0.39, 0.29) is 12.0 Å². The summed E-state index contributed by atoms with van der Waals surface area (Å²) >= 11 is 0. The van der Waals surface area contributed by atoms with Gasteiger partial charge in [0, 0.05) is 41.2 Å². The summed E-state index contributed by atoms with van der Waals surface area (Å²) < 4.78 is 0. The van der Waals surface area contributed by atoms with Crippen LogP contribution in [0.1, 0.15) is 34.3 Å². The van der Waals surface area contributed by atoms with Crippen molar-refractivity contribution in [2.24, 2.45) is 5.16 Å². The summed E-state index contributed by atoms with van der Waals surface area (Å²) in [7, 11) is 1.53. The molecule has 0 bridgehead atoms. The molecule has 0 aliphatic carbocycles. The first-order chi connectivity index (χ1) is 15.6. The van der Waals surface area contributed by atoms with Gasteiger partial charge in [0.15, 0.2) is 0 Å². The molecule has 4 rings (SSSR count). The third-order valence-electron chi connectivity index (χ3n) is 5.61. The lowest BCUT2D eigenvalue weighted by atomic mass is 10.0. The minimum absolute atomic E-state index is 0.160. The van der Waals surface area contributed by atoms with Crippen molar-refractivity contribution in [2.45, 2.75) is 18.9 Å². The number of aliphatic hydroxyl groups excluding tert-OH is 1. The van der Waals surface area contributed by atoms with Crippen molar-refractivity contribution in [1.82, 2.24) is 0 Å². The maximum absolute atomic E-state index is 12.7. The molecule has 1 amide bonds. The molecular formula is C26H27N3O3. The second kappa shape index (κ2) is 10.1. The van der Waals surface area contributed by atoms with Gasteiger partial charge in [0.1, 0.15) is 12.8 Å². The number of aliphatic hydroxyl groups is 1. The van der Waals surface area contributed by atoms with Gasteiger partial charge in [0.2, 0.25) is 0 Å². The van der Waals surface area contributed by atoms with E-state index in [2.05, 4.69) is 15.4 Å². The summed E-state index contributed by atoms with van der Waals surface area (Å²) in [5, 5.41) is 16.8. The van der Waals surface area contributed by atoms with Crippen LogP contribution >= 0.6 is 0 Å². The van der Waals surface area contributed by atoms with Gasteiger partial charge in [-0.3, -0.25) is 4.79 Å². The number of hydrogen-bond acceptors (Lipinski definition) is 5. The Kier molecular flexibility index (Phi) is 6.82. The van der Waals surface area contributed by atoms with E-state index in [1.54, 1.807) is 0 Å². The van der Waals surface area contributed by atoms with Gasteiger partial charge in [-0.1, -0.05) is 47.6 Å². The van der Waals surface area contributed by atoms with Crippen LogP contribution in [0.25, 0.3) is 0 Å². The minimum atomic E-state index is -0.202. The van der Waals surface area contributed by atoms with Crippen LogP contribution in [0.2, 0.25) is 0 Å². The van der Waals surface area contributed by atoms with E-state index in [0.717, 1.165) is 48.5 Å². The summed E-state index contributed by atoms with van der Waals surface area (Å²) in [4.78, 5) is 19.9. The fraction of sp³-hybridized carbons (Fsp3) is 0.231. The van der Waals surface area contributed by atoms with Crippen LogP contribution in [-0.2, 0) is 4.84 Å². The summed E-state index contributed by atoms with van der Waals surface area (Å²) in [5.41, 5.74) is 4.95. The highest BCUT2D eigenvalue weighted by molar-refractivity contribution is 6.13. The fourth-order valence-corrected chi connectivity index (χ4v) is 3.82. The van der Waals surface area contributed by atoms with Crippen molar-refractivity contribution in [3.8, 4) is 0 Å². The smallest absolute Gasteiger partial charge is 0.255 e. The Bertz CT molecular complexity index is 1060. The predicted octanol–water partition coefficient (Wildman–Crippen LogP) is 4.30. The lowest BCUT2D eigenvalue weighted by Crippen LogP contribution is -2.35. The second-order valence-corrected chi connectivity index (χ2v) is 7.79. The highest BCUT2D eigenvalue weighted by atomic mass is 16.6. The van der Waals surface area contributed by atoms with Crippen molar-refractivity contribution >= 4 is 23.0 Å². The molecule has 2 N–H and O–H groups in total. The molecule has 1 fully saturated rings. The Morgan fingerprint density at radius 2 is 1.50 bits per heavy atom. The molecule has 1 heterocycles. The summed E-state index contributed by atoms with van der Waals surface area (Å²) in [5.74, 6) is -0.160. The number of hydrogen-bond donors (Lipinski definition) is 2. The maximum atomic E-state index is 12.7. The zero-order chi connectivity index (χ0) is 22.3. The quantitative estimate of drug-likeness (QED) is 0.453. The Balaban J connectivity index is 1.42. The first kappa shape index (κ1) is 21.6. The highest BCUT2D eigenvalue weighted by Crippen LogP contribution is 2.21. The third kappa shape index (κ3) is 5.15. The number of rotatable bonds is 6. The Morgan fingerprint density at radius 1 is 0.906 bits per heavy atom. The number of anilines is 2. The molecular weight excluding hydrogens is 402 g/mol. The lowest BCUT2D eigenvalue weighted by Gasteiger charge is -2.31. The molecule has 32 heavy (non-hydrogen) atoms. The van der Waals surface area contributed by atoms with Crippen LogP contribution in [0, 0.1) is 0 Å². The minimum Gasteiger partial charge on any atom is -0.399 e. The van der Waals surface area contributed by atoms with Crippen molar-refractivity contribution in [3.63, 3.8) is 0 Å². The van der Waals surface area contributed by atoms with Crippen LogP contribution < -0.4 is 10.2 Å². The van der Waals surface area contributed by atoms with Gasteiger partial charge in [-0.2, -0.15) is 0 Å². The summed E-state index contributed by atoms with van der Waals surface area (Å²) in [6.45, 7) is 1.66. The molecule has 0 unspecified atom stereocenters. The molecule has 0 spiro atoms. The normalized spacial score (nSPS) is 14.8. The summed E-state index contributed by atoms with van der Waals surface area (Å²) in [6.07, 6.45) is 1.35. The molecule has 0 radical (unpaired) electrons. The molecule has 6 nitrogen and oxygen atoms in total. The van der Waals surface area contributed by atoms with Crippen LogP contribution in [0.3, 0.4) is 0 Å². The number of piperidine rings is 1. The molecule has 6 heteroatoms. The van der Waals surface area contributed by atoms with Crippen molar-refractivity contribution in [1.29, 1.82) is 0 Å². The van der Waals surface area contributed by atoms with E-state index in [0.29, 0.717) is 11.3 Å². The zero-order valence-electron chi connectivity index (χ0n) is 18.1. The number of amides is 1. The number of carbonyl (C=O) groups is 1. The fourth-order valence-electron chi connectivity index (χ4n) is 3.82. The molecule has 3 aromatic carbocycles. The third-order valence-corrected chi connectivity index (χ3v) is 5.61. The van der Waals surface area contributed by atoms with Gasteiger partial charge in [0.05, 0.1) is 6.10 Å². The number of nitrogens with one attached hydrogen (secondary N) is 1. The summed E-state index contributed by atoms with van der Waals surface area (Å²) in [6, 6.07) is 24.9. The average molecular weight is 430 g/mol. The van der Waals surface area contributed by atoms with Crippen LogP contribution in [0.5, 0.6) is 0 Å². The molecule has 3 aromatic rings. The predicted molar refractivity (Wildman–Crippen MR) is 127 cm³/mol. The second-order valence-electron chi connectivity index (χ2n) is 7.79. The van der Waals surface area contributed by atoms with E-state index in [4.69, 9.17) is 4.84 Å². The Morgan fingerprint density at radius 3 is 2.12 bits per heavy atom. The van der Waals surface area contributed by atoms with E-state index in [1.165, 1.54) is 7.11 Å². The van der Waals surface area contributed by atoms with Gasteiger partial charge in [0.25, 0.3) is 5.91 Å². The van der Waals surface area contributed by atoms with Gasteiger partial charge in [-0.25, -0.2) is 0 Å². The van der Waals surface area contributed by atoms with Crippen LogP contribution in [0.4, 0.5) is 11.4 Å². The van der Waals surface area contributed by atoms with E-state index < -0.39 is 0 Å². The number of carbonyl (C=O) groups excluding carboxylic acids is 1. The van der Waals surface area contributed by atoms with Gasteiger partial charge in [-0.15, -0.1) is 0 Å². The van der Waals surface area contributed by atoms with E-state index >= 15 is 0 Å². The van der Waals surface area contributed by atoms with Crippen molar-refractivity contribution in [2.75, 3.05) is 30.4 Å². The number of nitrogens with zero attached hydrogens (tertiary/aromatic N) is 2. The van der Waals surface area contributed by atoms with Gasteiger partial charge in [-0.05, 0) is 49.2 Å². The maximum Gasteiger partial charge on any atom is 0.255 e. The molecule has 1 saturated heterocycles. The molecule has 1 aliphatic rings. The standard InChI is InChI=1S/C26H27N3O3/c1-32-28-25(19-5-3-2-4-6-19)20-7-11-22(12-8-20)27-26(31)21-9-13-23(14-10-21)29-17-15-24(30)16-18-29/h2-14,24,30H,15-18H2,1H3,(H,27,31). The zero-order valence-corrected chi connectivity index (χ0v) is 18.1. The van der Waals surface area contributed by atoms with Crippen molar-refractivity contribution in [3.05, 3.63) is 95.6 Å². The Labute approximate surface area is 188 Å². The largest absolute Gasteiger partial charge is 0.399 e. The highest BCUT2D eigenvalue weighted by Gasteiger charge is 2.17. The van der Waals surface area contributed by atoms with E-state index in [9.17, 15) is 9.90 Å². The SMILES string of the molecule is CON=C(c1ccccc1)c1ccc(NC(=O)c2ccc(N3CCC(O)CC3)cc2)cc1. The molecule has 0 saturated carbocycles. The molecule has 164 valence electrons. The first-order valence-electron chi connectivity index (χ1n) is 10.8. The van der Waals surface area contributed by atoms with E-state index in [1.807, 2.05) is 78.9 Å². The first-order valence-corrected chi connectivity index (χ1v) is 10.8. The van der Waals surface area contributed by atoms with Gasteiger partial charge < -0.3 is 20.2 Å².